The van der Waals surface area contributed by atoms with Gasteiger partial charge >= 0.3 is 227 Å². The van der Waals surface area contributed by atoms with Gasteiger partial charge in [-0.05, 0) is 17.8 Å². The number of nitrogens with zero attached hydrogens (tertiary/aromatic N) is 2. The van der Waals surface area contributed by atoms with Crippen molar-refractivity contribution in [2.24, 2.45) is 0 Å². The average Bonchev–Trinajstić information content (AvgIpc) is 3.62. The van der Waals surface area contributed by atoms with Crippen LogP contribution in [0.4, 0.5) is 0 Å². The summed E-state index contributed by atoms with van der Waals surface area (Å²) < 4.78 is 14.1. The van der Waals surface area contributed by atoms with Crippen LogP contribution in [0.25, 0.3) is 53.5 Å². The summed E-state index contributed by atoms with van der Waals surface area (Å²) in [5.41, 5.74) is 8.08. The zero-order valence-corrected chi connectivity index (χ0v) is 40.5. The van der Waals surface area contributed by atoms with Crippen LogP contribution in [-0.2, 0) is 20.1 Å². The van der Waals surface area contributed by atoms with Crippen LogP contribution in [0.1, 0.15) is 29.5 Å². The van der Waals surface area contributed by atoms with Crippen molar-refractivity contribution < 1.29 is 21.5 Å². The zero-order chi connectivity index (χ0) is 40.7. The number of aromatic nitrogens is 2. The summed E-state index contributed by atoms with van der Waals surface area (Å²) in [6, 6.07) is 57.1. The van der Waals surface area contributed by atoms with Crippen LogP contribution in [0.2, 0.25) is 36.9 Å². The van der Waals surface area contributed by atoms with Crippen LogP contribution < -0.4 is 9.58 Å². The van der Waals surface area contributed by atoms with Crippen molar-refractivity contribution in [1.82, 2.24) is 9.97 Å². The molecular weight excluding hydrogens is 978 g/mol. The van der Waals surface area contributed by atoms with Gasteiger partial charge in [-0.15, -0.1) is 35.9 Å². The number of aryl methyl sites for hydroxylation is 1. The predicted octanol–water partition coefficient (Wildman–Crippen LogP) is 13.2. The molecule has 0 aliphatic heterocycles. The van der Waals surface area contributed by atoms with Crippen molar-refractivity contribution in [3.8, 4) is 22.5 Å². The fourth-order valence-electron chi connectivity index (χ4n) is 7.77. The van der Waals surface area contributed by atoms with Gasteiger partial charge in [0, 0.05) is 26.3 Å². The number of pyridine rings is 2. The molecule has 6 aromatic carbocycles. The van der Waals surface area contributed by atoms with Crippen LogP contribution in [0.5, 0.6) is 0 Å². The molecule has 58 heavy (non-hydrogen) atoms. The first-order valence-corrected chi connectivity index (χ1v) is 31.3. The van der Waals surface area contributed by atoms with Crippen molar-refractivity contribution in [2.45, 2.75) is 49.7 Å². The Morgan fingerprint density at radius 3 is 2.12 bits per heavy atom. The van der Waals surface area contributed by atoms with Crippen LogP contribution in [-0.4, -0.2) is 31.3 Å². The van der Waals surface area contributed by atoms with Crippen molar-refractivity contribution in [2.75, 3.05) is 0 Å². The number of hydrogen-bond acceptors (Lipinski definition) is 3. The molecule has 291 valence electrons. The van der Waals surface area contributed by atoms with Gasteiger partial charge in [0.15, 0.2) is 0 Å². The van der Waals surface area contributed by atoms with Gasteiger partial charge in [-0.1, -0.05) is 49.5 Å². The molecule has 0 spiro atoms. The number of hydrogen-bond donors (Lipinski definition) is 0. The number of rotatable bonds is 7. The van der Waals surface area contributed by atoms with Crippen LogP contribution in [0.3, 0.4) is 0 Å². The summed E-state index contributed by atoms with van der Waals surface area (Å²) in [5, 5.41) is 6.44. The van der Waals surface area contributed by atoms with Crippen LogP contribution >= 0.6 is 11.3 Å². The predicted molar refractivity (Wildman–Crippen MR) is 252 cm³/mol. The Kier molecular flexibility index (Phi) is 12.1. The molecule has 0 N–H and O–H groups in total. The van der Waals surface area contributed by atoms with Gasteiger partial charge in [0.1, 0.15) is 0 Å². The Balaban J connectivity index is 0.000000247. The summed E-state index contributed by atoms with van der Waals surface area (Å²) in [6.07, 6.45) is 3.91. The van der Waals surface area contributed by atoms with E-state index in [1.165, 1.54) is 40.7 Å². The molecule has 9 rings (SSSR count). The summed E-state index contributed by atoms with van der Waals surface area (Å²) >= 11 is -0.359. The zero-order valence-electron chi connectivity index (χ0n) is 35.1. The van der Waals surface area contributed by atoms with Gasteiger partial charge in [0.05, 0.1) is 8.07 Å². The minimum absolute atomic E-state index is 0. The molecular formula is C52H48GeIrN2SSi-2. The normalized spacial score (nSPS) is 13.0. The first-order chi connectivity index (χ1) is 27.8. The molecule has 6 heteroatoms. The fourth-order valence-corrected chi connectivity index (χ4v) is 14.1. The van der Waals surface area contributed by atoms with E-state index in [1.54, 1.807) is 0 Å². The molecule has 1 radical (unpaired) electrons. The summed E-state index contributed by atoms with van der Waals surface area (Å²) in [7, 11) is -1.27. The molecule has 0 saturated heterocycles. The average molecular weight is 1030 g/mol. The van der Waals surface area contributed by atoms with Gasteiger partial charge in [-0.25, -0.2) is 0 Å². The molecule has 0 aliphatic rings. The monoisotopic (exact) mass is 1030 g/mol. The van der Waals surface area contributed by atoms with Gasteiger partial charge in [0.25, 0.3) is 0 Å². The topological polar surface area (TPSA) is 25.8 Å². The SMILES string of the molecule is Cc1cc(-c2[c-]cccc2)ncc1[Si](C)(C)C.[2H]C(c1ccccc1)(c1ccnc(-c2[c-]c[c]([Ge]([CH3])([CH3])[CH3])c3c2sc2ccccc23)c1)c1ccc2ccccc2c1.[Ir]. The molecule has 0 bridgehead atoms. The van der Waals surface area contributed by atoms with Crippen molar-refractivity contribution in [1.29, 1.82) is 0 Å². The molecule has 1 atom stereocenters. The minimum atomic E-state index is -2.19. The van der Waals surface area contributed by atoms with E-state index in [0.717, 1.165) is 44.6 Å². The van der Waals surface area contributed by atoms with Gasteiger partial charge in [0.2, 0.25) is 0 Å². The second-order valence-electron chi connectivity index (χ2n) is 16.8. The smallest absolute Gasteiger partial charge is 0 e. The molecule has 0 fully saturated rings. The van der Waals surface area contributed by atoms with Gasteiger partial charge in [-0.3, -0.25) is 0 Å². The Morgan fingerprint density at radius 1 is 0.690 bits per heavy atom. The molecule has 0 aliphatic carbocycles. The molecule has 1 unspecified atom stereocenters. The number of thiophene rings is 1. The Hall–Kier alpha value is -4.49. The van der Waals surface area contributed by atoms with Crippen LogP contribution in [0.15, 0.2) is 158 Å². The first-order valence-electron chi connectivity index (χ1n) is 20.1. The minimum Gasteiger partial charge on any atom is 0 e. The van der Waals surface area contributed by atoms with E-state index in [-0.39, 0.29) is 20.1 Å². The largest absolute Gasteiger partial charge is 0 e. The van der Waals surface area contributed by atoms with E-state index in [4.69, 9.17) is 4.98 Å². The van der Waals surface area contributed by atoms with E-state index in [9.17, 15) is 1.37 Å². The number of benzene rings is 6. The Bertz CT molecular complexity index is 2900. The summed E-state index contributed by atoms with van der Waals surface area (Å²) in [4.78, 5) is 9.46. The summed E-state index contributed by atoms with van der Waals surface area (Å²) in [5.74, 6) is 6.24. The van der Waals surface area contributed by atoms with Crippen molar-refractivity contribution in [3.05, 3.63) is 192 Å². The molecule has 3 aromatic heterocycles. The van der Waals surface area contributed by atoms with E-state index in [1.807, 2.05) is 60.0 Å². The standard InChI is InChI=1S/C37H30GeNS.C15H18NSi.Ir/c1-38(2,3)32-20-19-30(37-36(32)31-15-9-10-16-34(31)40-37)33-24-29(21-22-39-33)35(26-12-5-4-6-13-26)28-18-17-25-11-7-8-14-27(25)23-28;1-12-10-14(13-8-6-5-7-9-13)16-11-15(12)17(2,3)4;/h4-18,20-24,35H,1-3H3;5-8,10-11H,1-4H3;/q2*-1;/i35D;;. The molecule has 3 heterocycles. The quantitative estimate of drug-likeness (QED) is 0.117. The Morgan fingerprint density at radius 2 is 1.40 bits per heavy atom. The van der Waals surface area contributed by atoms with Crippen molar-refractivity contribution in [3.63, 3.8) is 0 Å². The number of fused-ring (bicyclic) bond motifs is 4. The third-order valence-corrected chi connectivity index (χ3v) is 18.1. The van der Waals surface area contributed by atoms with E-state index in [0.29, 0.717) is 0 Å². The maximum Gasteiger partial charge on any atom is 0 e. The maximum atomic E-state index is 10.1. The van der Waals surface area contributed by atoms with Gasteiger partial charge < -0.3 is 4.98 Å². The maximum absolute atomic E-state index is 10.1. The van der Waals surface area contributed by atoms with E-state index >= 15 is 0 Å². The van der Waals surface area contributed by atoms with E-state index < -0.39 is 27.2 Å². The van der Waals surface area contributed by atoms with Gasteiger partial charge in [-0.2, -0.15) is 0 Å². The Labute approximate surface area is 366 Å². The van der Waals surface area contributed by atoms with Crippen molar-refractivity contribution >= 4 is 73.2 Å². The molecule has 9 aromatic rings. The third kappa shape index (κ3) is 8.76. The fraction of sp³-hybridized carbons (Fsp3) is 0.154. The van der Waals surface area contributed by atoms with E-state index in [2.05, 4.69) is 170 Å². The summed E-state index contributed by atoms with van der Waals surface area (Å²) in [6.45, 7) is 9.24. The van der Waals surface area contributed by atoms with Crippen LogP contribution in [0, 0.1) is 19.1 Å². The third-order valence-electron chi connectivity index (χ3n) is 10.6. The second kappa shape index (κ2) is 17.4. The molecule has 0 saturated carbocycles. The first kappa shape index (κ1) is 40.3. The second-order valence-corrected chi connectivity index (χ2v) is 33.4. The molecule has 2 nitrogen and oxygen atoms in total. The molecule has 0 amide bonds.